The second kappa shape index (κ2) is 6.06. The van der Waals surface area contributed by atoms with E-state index < -0.39 is 17.6 Å². The summed E-state index contributed by atoms with van der Waals surface area (Å²) in [5, 5.41) is 5.14. The second-order valence-electron chi connectivity index (χ2n) is 3.52. The molecule has 0 radical (unpaired) electrons. The molecule has 0 atom stereocenters. The lowest BCUT2D eigenvalue weighted by molar-refractivity contribution is -0.137. The number of anilines is 1. The summed E-state index contributed by atoms with van der Waals surface area (Å²) < 4.78 is 37.4. The molecule has 0 fully saturated rings. The number of rotatable bonds is 4. The predicted octanol–water partition coefficient (Wildman–Crippen LogP) is 2.91. The van der Waals surface area contributed by atoms with Crippen LogP contribution in [-0.4, -0.2) is 19.0 Å². The van der Waals surface area contributed by atoms with Crippen molar-refractivity contribution in [3.05, 3.63) is 28.8 Å². The summed E-state index contributed by atoms with van der Waals surface area (Å²) in [7, 11) is 0. The van der Waals surface area contributed by atoms with Gasteiger partial charge in [0.15, 0.2) is 0 Å². The van der Waals surface area contributed by atoms with E-state index in [2.05, 4.69) is 10.6 Å². The normalized spacial score (nSPS) is 11.4. The van der Waals surface area contributed by atoms with Crippen LogP contribution >= 0.6 is 11.6 Å². The maximum atomic E-state index is 12.5. The minimum absolute atomic E-state index is 0.0169. The summed E-state index contributed by atoms with van der Waals surface area (Å²) in [6.07, 6.45) is -4.47. The van der Waals surface area contributed by atoms with Gasteiger partial charge in [0.05, 0.1) is 22.8 Å². The van der Waals surface area contributed by atoms with E-state index in [1.165, 1.54) is 0 Å². The zero-order valence-corrected chi connectivity index (χ0v) is 10.3. The number of nitrogens with one attached hydrogen (secondary N) is 2. The molecule has 1 amide bonds. The summed E-state index contributed by atoms with van der Waals surface area (Å²) in [4.78, 5) is 11.4. The Balaban J connectivity index is 2.85. The summed E-state index contributed by atoms with van der Waals surface area (Å²) in [6.45, 7) is 2.41. The summed E-state index contributed by atoms with van der Waals surface area (Å²) >= 11 is 5.72. The summed E-state index contributed by atoms with van der Waals surface area (Å²) in [6, 6.07) is 2.78. The molecule has 0 unspecified atom stereocenters. The van der Waals surface area contributed by atoms with Crippen molar-refractivity contribution < 1.29 is 18.0 Å². The first-order valence-corrected chi connectivity index (χ1v) is 5.59. The van der Waals surface area contributed by atoms with Gasteiger partial charge in [-0.2, -0.15) is 13.2 Å². The Morgan fingerprint density at radius 1 is 1.39 bits per heavy atom. The molecule has 2 N–H and O–H groups in total. The number of benzene rings is 1. The molecule has 0 aliphatic carbocycles. The number of alkyl halides is 3. The largest absolute Gasteiger partial charge is 0.416 e. The van der Waals surface area contributed by atoms with Crippen LogP contribution in [-0.2, 0) is 11.0 Å². The maximum Gasteiger partial charge on any atom is 0.416 e. The highest BCUT2D eigenvalue weighted by atomic mass is 35.5. The number of hydrogen-bond donors (Lipinski definition) is 2. The van der Waals surface area contributed by atoms with Crippen molar-refractivity contribution in [3.63, 3.8) is 0 Å². The van der Waals surface area contributed by atoms with E-state index in [0.29, 0.717) is 6.54 Å². The molecule has 18 heavy (non-hydrogen) atoms. The van der Waals surface area contributed by atoms with Gasteiger partial charge in [0, 0.05) is 0 Å². The highest BCUT2D eigenvalue weighted by Gasteiger charge is 2.31. The molecule has 7 heteroatoms. The van der Waals surface area contributed by atoms with Crippen molar-refractivity contribution in [2.75, 3.05) is 18.4 Å². The zero-order valence-electron chi connectivity index (χ0n) is 9.57. The molecular formula is C11H12ClF3N2O. The molecule has 0 bridgehead atoms. The Labute approximate surface area is 107 Å². The molecule has 0 aliphatic heterocycles. The van der Waals surface area contributed by atoms with Crippen LogP contribution in [0.3, 0.4) is 0 Å². The third-order valence-electron chi connectivity index (χ3n) is 2.10. The lowest BCUT2D eigenvalue weighted by atomic mass is 10.2. The van der Waals surface area contributed by atoms with Crippen molar-refractivity contribution in [1.29, 1.82) is 0 Å². The van der Waals surface area contributed by atoms with Crippen LogP contribution in [0.15, 0.2) is 18.2 Å². The minimum Gasteiger partial charge on any atom is -0.324 e. The fourth-order valence-electron chi connectivity index (χ4n) is 1.23. The van der Waals surface area contributed by atoms with Crippen LogP contribution in [0.5, 0.6) is 0 Å². The van der Waals surface area contributed by atoms with E-state index in [1.807, 2.05) is 6.92 Å². The molecule has 0 saturated heterocycles. The van der Waals surface area contributed by atoms with E-state index in [1.54, 1.807) is 0 Å². The number of halogens is 4. The third-order valence-corrected chi connectivity index (χ3v) is 2.43. The fourth-order valence-corrected chi connectivity index (χ4v) is 1.40. The van der Waals surface area contributed by atoms with Crippen LogP contribution < -0.4 is 10.6 Å². The quantitative estimate of drug-likeness (QED) is 0.890. The van der Waals surface area contributed by atoms with Crippen LogP contribution in [0.2, 0.25) is 5.02 Å². The van der Waals surface area contributed by atoms with Crippen molar-refractivity contribution in [2.45, 2.75) is 13.1 Å². The Kier molecular flexibility index (Phi) is 4.98. The molecule has 3 nitrogen and oxygen atoms in total. The van der Waals surface area contributed by atoms with Gasteiger partial charge in [0.2, 0.25) is 5.91 Å². The highest BCUT2D eigenvalue weighted by molar-refractivity contribution is 6.33. The number of carbonyl (C=O) groups excluding carboxylic acids is 1. The molecular weight excluding hydrogens is 269 g/mol. The molecule has 1 aromatic rings. The second-order valence-corrected chi connectivity index (χ2v) is 3.93. The number of likely N-dealkylation sites (N-methyl/N-ethyl adjacent to an activating group) is 1. The van der Waals surface area contributed by atoms with E-state index in [0.717, 1.165) is 18.2 Å². The molecule has 0 spiro atoms. The standard InChI is InChI=1S/C11H12ClF3N2O/c1-2-16-6-10(18)17-9-5-7(11(13,14)15)3-4-8(9)12/h3-5,16H,2,6H2,1H3,(H,17,18). The lowest BCUT2D eigenvalue weighted by Gasteiger charge is -2.11. The van der Waals surface area contributed by atoms with Crippen molar-refractivity contribution in [2.24, 2.45) is 0 Å². The van der Waals surface area contributed by atoms with Gasteiger partial charge in [-0.3, -0.25) is 4.79 Å². The molecule has 0 aromatic heterocycles. The monoisotopic (exact) mass is 280 g/mol. The van der Waals surface area contributed by atoms with Crippen molar-refractivity contribution >= 4 is 23.2 Å². The average Bonchev–Trinajstić information content (AvgIpc) is 2.28. The van der Waals surface area contributed by atoms with Crippen LogP contribution in [0.1, 0.15) is 12.5 Å². The molecule has 100 valence electrons. The topological polar surface area (TPSA) is 41.1 Å². The zero-order chi connectivity index (χ0) is 13.8. The van der Waals surface area contributed by atoms with Crippen LogP contribution in [0, 0.1) is 0 Å². The molecule has 0 aliphatic rings. The first-order chi connectivity index (χ1) is 8.34. The highest BCUT2D eigenvalue weighted by Crippen LogP contribution is 2.33. The van der Waals surface area contributed by atoms with Gasteiger partial charge in [0.1, 0.15) is 0 Å². The van der Waals surface area contributed by atoms with Gasteiger partial charge in [-0.05, 0) is 24.7 Å². The SMILES string of the molecule is CCNCC(=O)Nc1cc(C(F)(F)F)ccc1Cl. The smallest absolute Gasteiger partial charge is 0.324 e. The fraction of sp³-hybridized carbons (Fsp3) is 0.364. The first kappa shape index (κ1) is 14.8. The van der Waals surface area contributed by atoms with Crippen LogP contribution in [0.25, 0.3) is 0 Å². The van der Waals surface area contributed by atoms with Crippen LogP contribution in [0.4, 0.5) is 18.9 Å². The summed E-state index contributed by atoms with van der Waals surface area (Å²) in [5.74, 6) is -0.446. The van der Waals surface area contributed by atoms with Crippen molar-refractivity contribution in [3.8, 4) is 0 Å². The Morgan fingerprint density at radius 2 is 2.06 bits per heavy atom. The number of hydrogen-bond acceptors (Lipinski definition) is 2. The van der Waals surface area contributed by atoms with Gasteiger partial charge in [-0.1, -0.05) is 18.5 Å². The maximum absolute atomic E-state index is 12.5. The molecule has 1 aromatic carbocycles. The third kappa shape index (κ3) is 4.19. The van der Waals surface area contributed by atoms with Gasteiger partial charge < -0.3 is 10.6 Å². The van der Waals surface area contributed by atoms with Gasteiger partial charge in [0.25, 0.3) is 0 Å². The van der Waals surface area contributed by atoms with Gasteiger partial charge >= 0.3 is 6.18 Å². The van der Waals surface area contributed by atoms with E-state index in [9.17, 15) is 18.0 Å². The Hall–Kier alpha value is -1.27. The van der Waals surface area contributed by atoms with Gasteiger partial charge in [-0.25, -0.2) is 0 Å². The van der Waals surface area contributed by atoms with E-state index in [-0.39, 0.29) is 17.3 Å². The van der Waals surface area contributed by atoms with Crippen molar-refractivity contribution in [1.82, 2.24) is 5.32 Å². The summed E-state index contributed by atoms with van der Waals surface area (Å²) in [5.41, 5.74) is -0.903. The molecule has 0 heterocycles. The Morgan fingerprint density at radius 3 is 2.61 bits per heavy atom. The minimum atomic E-state index is -4.47. The predicted molar refractivity (Wildman–Crippen MR) is 63.6 cm³/mol. The lowest BCUT2D eigenvalue weighted by Crippen LogP contribution is -2.28. The number of carbonyl (C=O) groups is 1. The first-order valence-electron chi connectivity index (χ1n) is 5.22. The van der Waals surface area contributed by atoms with E-state index >= 15 is 0 Å². The van der Waals surface area contributed by atoms with Gasteiger partial charge in [-0.15, -0.1) is 0 Å². The molecule has 1 rings (SSSR count). The average molecular weight is 281 g/mol. The molecule has 0 saturated carbocycles. The Bertz CT molecular complexity index is 435. The van der Waals surface area contributed by atoms with E-state index in [4.69, 9.17) is 11.6 Å². The number of amides is 1.